The molecule has 0 aromatic carbocycles. The van der Waals surface area contributed by atoms with Crippen LogP contribution in [0.3, 0.4) is 0 Å². The summed E-state index contributed by atoms with van der Waals surface area (Å²) in [6.45, 7) is 2.98. The maximum atomic E-state index is 11.7. The van der Waals surface area contributed by atoms with Crippen molar-refractivity contribution in [2.24, 2.45) is 0 Å². The first kappa shape index (κ1) is 13.5. The topological polar surface area (TPSA) is 20.3 Å². The van der Waals surface area contributed by atoms with Crippen LogP contribution in [0.15, 0.2) is 48.7 Å². The van der Waals surface area contributed by atoms with E-state index in [1.165, 1.54) is 6.42 Å². The lowest BCUT2D eigenvalue weighted by molar-refractivity contribution is -0.123. The van der Waals surface area contributed by atoms with Gasteiger partial charge in [0.15, 0.2) is 0 Å². The van der Waals surface area contributed by atoms with E-state index in [9.17, 15) is 4.79 Å². The van der Waals surface area contributed by atoms with Gasteiger partial charge in [-0.3, -0.25) is 4.79 Å². The summed E-state index contributed by atoms with van der Waals surface area (Å²) in [5.41, 5.74) is 0. The lowest BCUT2D eigenvalue weighted by atomic mass is 10.2. The van der Waals surface area contributed by atoms with Gasteiger partial charge in [0.2, 0.25) is 5.91 Å². The van der Waals surface area contributed by atoms with Crippen molar-refractivity contribution in [3.05, 3.63) is 48.7 Å². The van der Waals surface area contributed by atoms with E-state index in [0.29, 0.717) is 0 Å². The number of amides is 1. The second-order valence-electron chi connectivity index (χ2n) is 4.02. The molecule has 0 atom stereocenters. The smallest absolute Gasteiger partial charge is 0.250 e. The summed E-state index contributed by atoms with van der Waals surface area (Å²) in [6.07, 6.45) is 19.7. The van der Waals surface area contributed by atoms with Crippen molar-refractivity contribution in [1.82, 2.24) is 4.90 Å². The first-order valence-corrected chi connectivity index (χ1v) is 6.31. The second-order valence-corrected chi connectivity index (χ2v) is 4.02. The fourth-order valence-electron chi connectivity index (χ4n) is 1.54. The minimum absolute atomic E-state index is 0.0585. The molecule has 0 saturated heterocycles. The zero-order valence-electron chi connectivity index (χ0n) is 10.5. The molecule has 0 bridgehead atoms. The lowest BCUT2D eigenvalue weighted by Gasteiger charge is -2.19. The second kappa shape index (κ2) is 8.57. The third kappa shape index (κ3) is 5.91. The number of hydrogen-bond acceptors (Lipinski definition) is 1. The number of rotatable bonds is 5. The summed E-state index contributed by atoms with van der Waals surface area (Å²) in [4.78, 5) is 13.4. The fraction of sp³-hybridized carbons (Fsp3) is 0.400. The van der Waals surface area contributed by atoms with E-state index in [2.05, 4.69) is 13.0 Å². The quantitative estimate of drug-likeness (QED) is 0.523. The average Bonchev–Trinajstić information content (AvgIpc) is 2.38. The van der Waals surface area contributed by atoms with E-state index >= 15 is 0 Å². The average molecular weight is 231 g/mol. The third-order valence-corrected chi connectivity index (χ3v) is 2.50. The molecular formula is C15H21NO. The molecule has 17 heavy (non-hydrogen) atoms. The van der Waals surface area contributed by atoms with Crippen LogP contribution < -0.4 is 0 Å². The molecule has 2 heteroatoms. The summed E-state index contributed by atoms with van der Waals surface area (Å²) in [5, 5.41) is 0. The number of allylic oxidation sites excluding steroid dienone is 6. The van der Waals surface area contributed by atoms with Crippen molar-refractivity contribution >= 4 is 5.91 Å². The molecule has 0 N–H and O–H groups in total. The Labute approximate surface area is 104 Å². The van der Waals surface area contributed by atoms with Crippen molar-refractivity contribution in [3.63, 3.8) is 0 Å². The van der Waals surface area contributed by atoms with Crippen molar-refractivity contribution in [1.29, 1.82) is 0 Å². The molecule has 1 rings (SSSR count). The Balaban J connectivity index is 2.30. The molecule has 2 nitrogen and oxygen atoms in total. The molecule has 1 aliphatic heterocycles. The van der Waals surface area contributed by atoms with E-state index < -0.39 is 0 Å². The maximum absolute atomic E-state index is 11.7. The van der Waals surface area contributed by atoms with E-state index in [-0.39, 0.29) is 5.91 Å². The first-order chi connectivity index (χ1) is 8.34. The van der Waals surface area contributed by atoms with Crippen molar-refractivity contribution in [2.75, 3.05) is 6.54 Å². The molecule has 1 aliphatic rings. The molecule has 0 radical (unpaired) electrons. The van der Waals surface area contributed by atoms with Gasteiger partial charge in [-0.25, -0.2) is 0 Å². The third-order valence-electron chi connectivity index (χ3n) is 2.50. The van der Waals surface area contributed by atoms with Crippen LogP contribution in [0.2, 0.25) is 0 Å². The Morgan fingerprint density at radius 2 is 2.12 bits per heavy atom. The Morgan fingerprint density at radius 1 is 1.29 bits per heavy atom. The van der Waals surface area contributed by atoms with E-state index in [0.717, 1.165) is 25.8 Å². The predicted molar refractivity (Wildman–Crippen MR) is 72.4 cm³/mol. The van der Waals surface area contributed by atoms with Crippen LogP contribution in [-0.2, 0) is 4.79 Å². The Morgan fingerprint density at radius 3 is 2.82 bits per heavy atom. The van der Waals surface area contributed by atoms with Crippen molar-refractivity contribution < 1.29 is 4.79 Å². The zero-order valence-corrected chi connectivity index (χ0v) is 10.5. The van der Waals surface area contributed by atoms with Crippen LogP contribution in [0.5, 0.6) is 0 Å². The summed E-state index contributed by atoms with van der Waals surface area (Å²) in [6, 6.07) is 0. The molecule has 0 aromatic heterocycles. The lowest BCUT2D eigenvalue weighted by Crippen LogP contribution is -2.26. The molecule has 0 aromatic rings. The van der Waals surface area contributed by atoms with Gasteiger partial charge in [0, 0.05) is 18.8 Å². The highest BCUT2D eigenvalue weighted by Crippen LogP contribution is 2.06. The van der Waals surface area contributed by atoms with Crippen LogP contribution >= 0.6 is 0 Å². The molecule has 0 saturated carbocycles. The largest absolute Gasteiger partial charge is 0.316 e. The Hall–Kier alpha value is -1.57. The highest BCUT2D eigenvalue weighted by atomic mass is 16.2. The van der Waals surface area contributed by atoms with Crippen LogP contribution in [0.4, 0.5) is 0 Å². The molecule has 92 valence electrons. The summed E-state index contributed by atoms with van der Waals surface area (Å²) >= 11 is 0. The monoisotopic (exact) mass is 231 g/mol. The minimum Gasteiger partial charge on any atom is -0.316 e. The highest BCUT2D eigenvalue weighted by molar-refractivity contribution is 5.88. The summed E-state index contributed by atoms with van der Waals surface area (Å²) in [5.74, 6) is 0.0585. The molecule has 0 unspecified atom stereocenters. The standard InChI is InChI=1S/C15H21NO/c1-2-3-4-5-6-7-9-12-15(17)16-13-10-8-11-14-16/h4-7,9-10,12-13H,2-3,8,11,14H2,1H3/b5-4+,7-6-,12-9+. The van der Waals surface area contributed by atoms with Gasteiger partial charge in [-0.15, -0.1) is 0 Å². The molecule has 1 amide bonds. The molecule has 0 fully saturated rings. The number of unbranched alkanes of at least 4 members (excludes halogenated alkanes) is 1. The van der Waals surface area contributed by atoms with Crippen molar-refractivity contribution in [2.45, 2.75) is 32.6 Å². The predicted octanol–water partition coefficient (Wildman–Crippen LogP) is 3.59. The summed E-state index contributed by atoms with van der Waals surface area (Å²) < 4.78 is 0. The first-order valence-electron chi connectivity index (χ1n) is 6.31. The normalized spacial score (nSPS) is 16.6. The van der Waals surface area contributed by atoms with Crippen LogP contribution in [0, 0.1) is 0 Å². The highest BCUT2D eigenvalue weighted by Gasteiger charge is 2.08. The Kier molecular flexibility index (Phi) is 6.80. The molecular weight excluding hydrogens is 210 g/mol. The Bertz CT molecular complexity index is 337. The number of nitrogens with zero attached hydrogens (tertiary/aromatic N) is 1. The number of carbonyl (C=O) groups excluding carboxylic acids is 1. The fourth-order valence-corrected chi connectivity index (χ4v) is 1.54. The zero-order chi connectivity index (χ0) is 12.3. The van der Waals surface area contributed by atoms with Crippen LogP contribution in [-0.4, -0.2) is 17.4 Å². The van der Waals surface area contributed by atoms with E-state index in [4.69, 9.17) is 0 Å². The van der Waals surface area contributed by atoms with Gasteiger partial charge in [0.1, 0.15) is 0 Å². The van der Waals surface area contributed by atoms with E-state index in [1.807, 2.05) is 30.5 Å². The molecule has 1 heterocycles. The number of carbonyl (C=O) groups is 1. The number of hydrogen-bond donors (Lipinski definition) is 0. The van der Waals surface area contributed by atoms with Gasteiger partial charge in [-0.2, -0.15) is 0 Å². The van der Waals surface area contributed by atoms with Gasteiger partial charge in [-0.05, 0) is 19.3 Å². The van der Waals surface area contributed by atoms with Gasteiger partial charge in [0.25, 0.3) is 0 Å². The minimum atomic E-state index is 0.0585. The van der Waals surface area contributed by atoms with Crippen LogP contribution in [0.25, 0.3) is 0 Å². The van der Waals surface area contributed by atoms with Gasteiger partial charge < -0.3 is 4.90 Å². The maximum Gasteiger partial charge on any atom is 0.250 e. The van der Waals surface area contributed by atoms with Gasteiger partial charge in [-0.1, -0.05) is 49.8 Å². The van der Waals surface area contributed by atoms with E-state index in [1.54, 1.807) is 17.1 Å². The molecule has 0 aliphatic carbocycles. The summed E-state index contributed by atoms with van der Waals surface area (Å²) in [7, 11) is 0. The van der Waals surface area contributed by atoms with Gasteiger partial charge in [0.05, 0.1) is 0 Å². The van der Waals surface area contributed by atoms with Gasteiger partial charge >= 0.3 is 0 Å². The molecule has 0 spiro atoms. The SMILES string of the molecule is CCC/C=C/C=C\C=C\C(=O)N1C=CCCC1. The van der Waals surface area contributed by atoms with Crippen molar-refractivity contribution in [3.8, 4) is 0 Å². The van der Waals surface area contributed by atoms with Crippen LogP contribution in [0.1, 0.15) is 32.6 Å².